The van der Waals surface area contributed by atoms with Gasteiger partial charge in [0, 0.05) is 5.41 Å². The standard InChI is InChI=1S/C5H12O2.C3H8O2/c1-5(2,3-6)4-7;1-3(5)2-4/h6-7H,3-4H2,1-2H3;3-5H,2H2,1H3. The molecule has 0 aliphatic rings. The van der Waals surface area contributed by atoms with Gasteiger partial charge in [0.2, 0.25) is 0 Å². The molecule has 4 heteroatoms. The van der Waals surface area contributed by atoms with E-state index in [1.807, 2.05) is 0 Å². The van der Waals surface area contributed by atoms with Crippen molar-refractivity contribution in [1.29, 1.82) is 0 Å². The Kier molecular flexibility index (Phi) is 8.97. The number of aliphatic hydroxyl groups is 4. The van der Waals surface area contributed by atoms with Gasteiger partial charge in [-0.05, 0) is 6.92 Å². The summed E-state index contributed by atoms with van der Waals surface area (Å²) in [5.41, 5.74) is -0.306. The summed E-state index contributed by atoms with van der Waals surface area (Å²) >= 11 is 0. The SMILES string of the molecule is CC(C)(CO)CO.CC(O)CO. The average Bonchev–Trinajstić information content (AvgIpc) is 2.05. The summed E-state index contributed by atoms with van der Waals surface area (Å²) in [6, 6.07) is 0. The molecule has 0 aromatic carbocycles. The maximum Gasteiger partial charge on any atom is 0.0742 e. The number of hydrogen-bond acceptors (Lipinski definition) is 4. The van der Waals surface area contributed by atoms with Crippen LogP contribution in [0.5, 0.6) is 0 Å². The highest BCUT2D eigenvalue weighted by Crippen LogP contribution is 2.10. The van der Waals surface area contributed by atoms with Crippen LogP contribution in [0.1, 0.15) is 20.8 Å². The Morgan fingerprint density at radius 3 is 1.33 bits per heavy atom. The lowest BCUT2D eigenvalue weighted by molar-refractivity contribution is 0.0857. The minimum Gasteiger partial charge on any atom is -0.396 e. The lowest BCUT2D eigenvalue weighted by Gasteiger charge is -2.16. The summed E-state index contributed by atoms with van der Waals surface area (Å²) in [6.45, 7) is 5.08. The molecule has 0 amide bonds. The van der Waals surface area contributed by atoms with Crippen LogP contribution >= 0.6 is 0 Å². The highest BCUT2D eigenvalue weighted by Gasteiger charge is 2.13. The van der Waals surface area contributed by atoms with Crippen LogP contribution in [0.4, 0.5) is 0 Å². The van der Waals surface area contributed by atoms with Gasteiger partial charge in [-0.2, -0.15) is 0 Å². The zero-order chi connectivity index (χ0) is 10.2. The molecule has 0 rings (SSSR count). The molecule has 0 aliphatic carbocycles. The van der Waals surface area contributed by atoms with Crippen LogP contribution in [0.3, 0.4) is 0 Å². The lowest BCUT2D eigenvalue weighted by atomic mass is 9.97. The van der Waals surface area contributed by atoms with Crippen LogP contribution in [0.15, 0.2) is 0 Å². The molecule has 1 unspecified atom stereocenters. The maximum atomic E-state index is 8.43. The van der Waals surface area contributed by atoms with Crippen LogP contribution < -0.4 is 0 Å². The molecule has 0 aliphatic heterocycles. The predicted octanol–water partition coefficient (Wildman–Crippen LogP) is -0.643. The lowest BCUT2D eigenvalue weighted by Crippen LogP contribution is -2.20. The largest absolute Gasteiger partial charge is 0.396 e. The Hall–Kier alpha value is -0.160. The molecule has 4 nitrogen and oxygen atoms in total. The second-order valence-electron chi connectivity index (χ2n) is 3.51. The normalized spacial score (nSPS) is 13.2. The van der Waals surface area contributed by atoms with E-state index < -0.39 is 6.10 Å². The third kappa shape index (κ3) is 12.5. The molecule has 0 spiro atoms. The van der Waals surface area contributed by atoms with E-state index in [1.165, 1.54) is 6.92 Å². The Morgan fingerprint density at radius 1 is 1.08 bits per heavy atom. The van der Waals surface area contributed by atoms with Gasteiger partial charge in [-0.25, -0.2) is 0 Å². The van der Waals surface area contributed by atoms with Crippen LogP contribution in [-0.4, -0.2) is 46.4 Å². The summed E-state index contributed by atoms with van der Waals surface area (Å²) in [6.07, 6.45) is -0.560. The van der Waals surface area contributed by atoms with E-state index in [9.17, 15) is 0 Å². The fourth-order valence-electron chi connectivity index (χ4n) is 0.0500. The minimum absolute atomic E-state index is 0.0451. The van der Waals surface area contributed by atoms with Crippen LogP contribution in [0.25, 0.3) is 0 Å². The number of hydrogen-bond donors (Lipinski definition) is 4. The molecule has 0 heterocycles. The summed E-state index contributed by atoms with van der Waals surface area (Å²) in [7, 11) is 0. The first-order valence-electron chi connectivity index (χ1n) is 3.90. The molecule has 0 radical (unpaired) electrons. The molecule has 1 atom stereocenters. The monoisotopic (exact) mass is 180 g/mol. The second-order valence-corrected chi connectivity index (χ2v) is 3.51. The van der Waals surface area contributed by atoms with Gasteiger partial charge in [-0.3, -0.25) is 0 Å². The van der Waals surface area contributed by atoms with Crippen molar-refractivity contribution in [1.82, 2.24) is 0 Å². The third-order valence-electron chi connectivity index (χ3n) is 1.12. The molecule has 0 aromatic heterocycles. The highest BCUT2D eigenvalue weighted by atomic mass is 16.3. The molecule has 12 heavy (non-hydrogen) atoms. The summed E-state index contributed by atoms with van der Waals surface area (Å²) in [4.78, 5) is 0. The van der Waals surface area contributed by atoms with Crippen LogP contribution in [0.2, 0.25) is 0 Å². The zero-order valence-corrected chi connectivity index (χ0v) is 7.99. The van der Waals surface area contributed by atoms with Crippen molar-refractivity contribution in [3.05, 3.63) is 0 Å². The molecule has 0 fully saturated rings. The van der Waals surface area contributed by atoms with E-state index in [1.54, 1.807) is 13.8 Å². The van der Waals surface area contributed by atoms with Crippen LogP contribution in [-0.2, 0) is 0 Å². The Bertz CT molecular complexity index is 85.1. The summed E-state index contributed by atoms with van der Waals surface area (Å²) in [5.74, 6) is 0. The Morgan fingerprint density at radius 2 is 1.33 bits per heavy atom. The van der Waals surface area contributed by atoms with Crippen molar-refractivity contribution in [2.45, 2.75) is 26.9 Å². The molecule has 0 saturated heterocycles. The van der Waals surface area contributed by atoms with Crippen molar-refractivity contribution >= 4 is 0 Å². The van der Waals surface area contributed by atoms with E-state index in [-0.39, 0.29) is 25.2 Å². The first-order valence-corrected chi connectivity index (χ1v) is 3.90. The topological polar surface area (TPSA) is 80.9 Å². The Labute approximate surface area is 73.5 Å². The van der Waals surface area contributed by atoms with Gasteiger partial charge in [-0.15, -0.1) is 0 Å². The minimum atomic E-state index is -0.560. The van der Waals surface area contributed by atoms with E-state index in [2.05, 4.69) is 0 Å². The molecule has 76 valence electrons. The molecular weight excluding hydrogens is 160 g/mol. The van der Waals surface area contributed by atoms with E-state index >= 15 is 0 Å². The predicted molar refractivity (Wildman–Crippen MR) is 46.7 cm³/mol. The van der Waals surface area contributed by atoms with Crippen molar-refractivity contribution in [3.63, 3.8) is 0 Å². The maximum absolute atomic E-state index is 8.43. The number of rotatable bonds is 3. The smallest absolute Gasteiger partial charge is 0.0742 e. The zero-order valence-electron chi connectivity index (χ0n) is 7.99. The van der Waals surface area contributed by atoms with E-state index in [0.29, 0.717) is 0 Å². The average molecular weight is 180 g/mol. The van der Waals surface area contributed by atoms with Gasteiger partial charge in [0.25, 0.3) is 0 Å². The molecule has 4 N–H and O–H groups in total. The molecule has 0 saturated carbocycles. The number of aliphatic hydroxyl groups excluding tert-OH is 4. The van der Waals surface area contributed by atoms with Gasteiger partial charge < -0.3 is 20.4 Å². The highest BCUT2D eigenvalue weighted by molar-refractivity contribution is 4.62. The third-order valence-corrected chi connectivity index (χ3v) is 1.12. The van der Waals surface area contributed by atoms with Gasteiger partial charge in [-0.1, -0.05) is 13.8 Å². The van der Waals surface area contributed by atoms with Gasteiger partial charge in [0.15, 0.2) is 0 Å². The first kappa shape index (κ1) is 14.4. The Balaban J connectivity index is 0. The van der Waals surface area contributed by atoms with E-state index in [0.717, 1.165) is 0 Å². The summed E-state index contributed by atoms with van der Waals surface area (Å²) in [5, 5.41) is 32.9. The van der Waals surface area contributed by atoms with Crippen molar-refractivity contribution < 1.29 is 20.4 Å². The van der Waals surface area contributed by atoms with Crippen molar-refractivity contribution in [2.75, 3.05) is 19.8 Å². The van der Waals surface area contributed by atoms with Crippen molar-refractivity contribution in [3.8, 4) is 0 Å². The van der Waals surface area contributed by atoms with Gasteiger partial charge >= 0.3 is 0 Å². The molecule has 0 bridgehead atoms. The fourth-order valence-corrected chi connectivity index (χ4v) is 0.0500. The van der Waals surface area contributed by atoms with Gasteiger partial charge in [0.05, 0.1) is 25.9 Å². The second kappa shape index (κ2) is 7.49. The molecule has 0 aromatic rings. The summed E-state index contributed by atoms with van der Waals surface area (Å²) < 4.78 is 0. The fraction of sp³-hybridized carbons (Fsp3) is 1.00. The van der Waals surface area contributed by atoms with Crippen molar-refractivity contribution in [2.24, 2.45) is 5.41 Å². The van der Waals surface area contributed by atoms with E-state index in [4.69, 9.17) is 20.4 Å². The quantitative estimate of drug-likeness (QED) is 0.465. The van der Waals surface area contributed by atoms with Gasteiger partial charge in [0.1, 0.15) is 0 Å². The van der Waals surface area contributed by atoms with Crippen LogP contribution in [0, 0.1) is 5.41 Å². The first-order chi connectivity index (χ1) is 5.39. The molecular formula is C8H20O4.